The van der Waals surface area contributed by atoms with Gasteiger partial charge in [0.05, 0.1) is 5.56 Å². The van der Waals surface area contributed by atoms with Crippen molar-refractivity contribution in [1.29, 1.82) is 0 Å². The zero-order valence-corrected chi connectivity index (χ0v) is 19.6. The zero-order valence-electron chi connectivity index (χ0n) is 18.0. The van der Waals surface area contributed by atoms with Crippen molar-refractivity contribution in [2.45, 2.75) is 24.2 Å². The lowest BCUT2D eigenvalue weighted by atomic mass is 10.1. The smallest absolute Gasteiger partial charge is 0.258 e. The summed E-state index contributed by atoms with van der Waals surface area (Å²) in [6.45, 7) is 5.11. The molecule has 0 aliphatic carbocycles. The number of pyridine rings is 1. The first kappa shape index (κ1) is 22.8. The van der Waals surface area contributed by atoms with Crippen LogP contribution in [0.4, 0.5) is 10.1 Å². The van der Waals surface area contributed by atoms with Gasteiger partial charge in [-0.15, -0.1) is 11.8 Å². The van der Waals surface area contributed by atoms with Crippen LogP contribution < -0.4 is 5.32 Å². The summed E-state index contributed by atoms with van der Waals surface area (Å²) in [5.41, 5.74) is 4.58. The molecule has 1 amide bonds. The Morgan fingerprint density at radius 3 is 2.66 bits per heavy atom. The third kappa shape index (κ3) is 6.12. The Bertz CT molecular complexity index is 1070. The molecule has 1 aliphatic rings. The average Bonchev–Trinajstić information content (AvgIpc) is 2.82. The quantitative estimate of drug-likeness (QED) is 0.457. The van der Waals surface area contributed by atoms with Crippen molar-refractivity contribution in [3.05, 3.63) is 88.9 Å². The van der Waals surface area contributed by atoms with Crippen LogP contribution in [0.3, 0.4) is 0 Å². The molecular formula is C25H26FN3OS2. The maximum Gasteiger partial charge on any atom is 0.258 e. The topological polar surface area (TPSA) is 45.2 Å². The highest BCUT2D eigenvalue weighted by molar-refractivity contribution is 7.99. The van der Waals surface area contributed by atoms with Gasteiger partial charge in [0.2, 0.25) is 0 Å². The number of nitrogens with one attached hydrogen (secondary N) is 1. The maximum absolute atomic E-state index is 13.1. The summed E-state index contributed by atoms with van der Waals surface area (Å²) in [5.74, 6) is 2.53. The number of benzene rings is 2. The zero-order chi connectivity index (χ0) is 22.3. The molecule has 0 atom stereocenters. The third-order valence-corrected chi connectivity index (χ3v) is 7.38. The number of thioether (sulfide) groups is 2. The van der Waals surface area contributed by atoms with Crippen LogP contribution in [0.15, 0.2) is 65.8 Å². The van der Waals surface area contributed by atoms with E-state index in [1.165, 1.54) is 41.0 Å². The van der Waals surface area contributed by atoms with Crippen LogP contribution in [0, 0.1) is 12.7 Å². The van der Waals surface area contributed by atoms with E-state index in [1.807, 2.05) is 18.7 Å². The lowest BCUT2D eigenvalue weighted by Gasteiger charge is -2.26. The van der Waals surface area contributed by atoms with Crippen LogP contribution >= 0.6 is 23.5 Å². The van der Waals surface area contributed by atoms with E-state index in [-0.39, 0.29) is 11.7 Å². The second-order valence-electron chi connectivity index (χ2n) is 7.76. The molecule has 166 valence electrons. The molecule has 7 heteroatoms. The summed E-state index contributed by atoms with van der Waals surface area (Å²) >= 11 is 3.47. The maximum atomic E-state index is 13.1. The predicted octanol–water partition coefficient (Wildman–Crippen LogP) is 5.62. The summed E-state index contributed by atoms with van der Waals surface area (Å²) in [6, 6.07) is 16.2. The molecule has 1 aliphatic heterocycles. The number of carbonyl (C=O) groups excluding carboxylic acids is 1. The second-order valence-corrected chi connectivity index (χ2v) is 9.95. The number of aromatic nitrogens is 1. The highest BCUT2D eigenvalue weighted by atomic mass is 32.2. The van der Waals surface area contributed by atoms with Gasteiger partial charge in [0.25, 0.3) is 5.91 Å². The van der Waals surface area contributed by atoms with Gasteiger partial charge < -0.3 is 5.32 Å². The molecule has 32 heavy (non-hydrogen) atoms. The molecule has 1 saturated heterocycles. The molecule has 2 aromatic carbocycles. The monoisotopic (exact) mass is 467 g/mol. The minimum absolute atomic E-state index is 0.172. The van der Waals surface area contributed by atoms with Crippen LogP contribution in [0.1, 0.15) is 27.0 Å². The summed E-state index contributed by atoms with van der Waals surface area (Å²) in [5, 5.41) is 3.75. The summed E-state index contributed by atoms with van der Waals surface area (Å²) in [7, 11) is 0. The highest BCUT2D eigenvalue weighted by Gasteiger charge is 2.16. The summed E-state index contributed by atoms with van der Waals surface area (Å²) in [6.07, 6.45) is 1.69. The predicted molar refractivity (Wildman–Crippen MR) is 132 cm³/mol. The summed E-state index contributed by atoms with van der Waals surface area (Å²) < 4.78 is 13.1. The second kappa shape index (κ2) is 11.0. The molecule has 1 aromatic heterocycles. The molecule has 1 N–H and O–H groups in total. The van der Waals surface area contributed by atoms with E-state index >= 15 is 0 Å². The SMILES string of the molecule is Cc1ccc(CN2CCSCC2)cc1NC(=O)c1cccnc1SCc1ccc(F)cc1. The van der Waals surface area contributed by atoms with Gasteiger partial charge in [-0.05, 0) is 53.9 Å². The largest absolute Gasteiger partial charge is 0.322 e. The number of halogens is 1. The van der Waals surface area contributed by atoms with Crippen LogP contribution in [0.2, 0.25) is 0 Å². The first-order chi connectivity index (χ1) is 15.6. The van der Waals surface area contributed by atoms with Gasteiger partial charge in [-0.25, -0.2) is 9.37 Å². The van der Waals surface area contributed by atoms with Gasteiger partial charge in [-0.2, -0.15) is 11.8 Å². The Balaban J connectivity index is 1.45. The van der Waals surface area contributed by atoms with Crippen LogP contribution in [0.25, 0.3) is 0 Å². The van der Waals surface area contributed by atoms with Gasteiger partial charge in [-0.1, -0.05) is 24.3 Å². The fourth-order valence-electron chi connectivity index (χ4n) is 3.52. The van der Waals surface area contributed by atoms with E-state index in [0.717, 1.165) is 36.4 Å². The number of hydrogen-bond donors (Lipinski definition) is 1. The van der Waals surface area contributed by atoms with Gasteiger partial charge in [0.15, 0.2) is 0 Å². The van der Waals surface area contributed by atoms with Crippen molar-refractivity contribution in [1.82, 2.24) is 9.88 Å². The first-order valence-electron chi connectivity index (χ1n) is 10.6. The molecule has 2 heterocycles. The molecule has 0 bridgehead atoms. The van der Waals surface area contributed by atoms with Gasteiger partial charge in [0.1, 0.15) is 10.8 Å². The van der Waals surface area contributed by atoms with E-state index in [9.17, 15) is 9.18 Å². The molecule has 1 fully saturated rings. The number of anilines is 1. The van der Waals surface area contributed by atoms with Crippen LogP contribution in [-0.4, -0.2) is 40.4 Å². The Morgan fingerprint density at radius 2 is 1.88 bits per heavy atom. The number of hydrogen-bond acceptors (Lipinski definition) is 5. The lowest BCUT2D eigenvalue weighted by molar-refractivity contribution is 0.102. The first-order valence-corrected chi connectivity index (χ1v) is 12.8. The van der Waals surface area contributed by atoms with Crippen molar-refractivity contribution >= 4 is 35.1 Å². The molecule has 0 saturated carbocycles. The average molecular weight is 468 g/mol. The van der Waals surface area contributed by atoms with E-state index in [1.54, 1.807) is 30.5 Å². The minimum Gasteiger partial charge on any atom is -0.322 e. The fourth-order valence-corrected chi connectivity index (χ4v) is 5.45. The third-order valence-electron chi connectivity index (χ3n) is 5.36. The molecule has 4 nitrogen and oxygen atoms in total. The number of aryl methyl sites for hydroxylation is 1. The Kier molecular flexibility index (Phi) is 7.84. The molecule has 0 spiro atoms. The van der Waals surface area contributed by atoms with Gasteiger partial charge >= 0.3 is 0 Å². The standard InChI is InChI=1S/C25H26FN3OS2/c1-18-4-5-20(16-29-11-13-31-14-12-29)15-23(18)28-24(30)22-3-2-10-27-25(22)32-17-19-6-8-21(26)9-7-19/h2-10,15H,11-14,16-17H2,1H3,(H,28,30). The molecule has 0 radical (unpaired) electrons. The molecule has 3 aromatic rings. The van der Waals surface area contributed by atoms with Crippen molar-refractivity contribution in [2.24, 2.45) is 0 Å². The van der Waals surface area contributed by atoms with E-state index in [2.05, 4.69) is 33.4 Å². The Morgan fingerprint density at radius 1 is 1.12 bits per heavy atom. The highest BCUT2D eigenvalue weighted by Crippen LogP contribution is 2.26. The van der Waals surface area contributed by atoms with E-state index in [4.69, 9.17) is 0 Å². The molecule has 0 unspecified atom stereocenters. The van der Waals surface area contributed by atoms with Crippen LogP contribution in [0.5, 0.6) is 0 Å². The summed E-state index contributed by atoms with van der Waals surface area (Å²) in [4.78, 5) is 20.0. The molecule has 4 rings (SSSR count). The van der Waals surface area contributed by atoms with Gasteiger partial charge in [0, 0.05) is 48.8 Å². The lowest BCUT2D eigenvalue weighted by Crippen LogP contribution is -2.32. The number of nitrogens with zero attached hydrogens (tertiary/aromatic N) is 2. The van der Waals surface area contributed by atoms with E-state index < -0.39 is 0 Å². The number of amides is 1. The number of carbonyl (C=O) groups is 1. The van der Waals surface area contributed by atoms with Crippen molar-refractivity contribution in [2.75, 3.05) is 29.9 Å². The van der Waals surface area contributed by atoms with Crippen molar-refractivity contribution in [3.8, 4) is 0 Å². The minimum atomic E-state index is -0.256. The Hall–Kier alpha value is -2.35. The van der Waals surface area contributed by atoms with E-state index in [0.29, 0.717) is 16.3 Å². The number of rotatable bonds is 7. The van der Waals surface area contributed by atoms with Crippen molar-refractivity contribution < 1.29 is 9.18 Å². The van der Waals surface area contributed by atoms with Crippen LogP contribution in [-0.2, 0) is 12.3 Å². The normalized spacial score (nSPS) is 14.3. The molecular weight excluding hydrogens is 441 g/mol. The van der Waals surface area contributed by atoms with Crippen molar-refractivity contribution in [3.63, 3.8) is 0 Å². The fraction of sp³-hybridized carbons (Fsp3) is 0.280. The van der Waals surface area contributed by atoms with Gasteiger partial charge in [-0.3, -0.25) is 9.69 Å². The Labute approximate surface area is 197 Å².